The van der Waals surface area contributed by atoms with E-state index < -0.39 is 0 Å². The molecule has 20 heavy (non-hydrogen) atoms. The molecule has 0 fully saturated rings. The molecule has 2 aromatic rings. The lowest BCUT2D eigenvalue weighted by Crippen LogP contribution is -2.23. The molecule has 0 bridgehead atoms. The Morgan fingerprint density at radius 2 is 2.30 bits per heavy atom. The monoisotopic (exact) mass is 311 g/mol. The second-order valence-corrected chi connectivity index (χ2v) is 5.93. The number of halogens is 1. The van der Waals surface area contributed by atoms with E-state index in [0.29, 0.717) is 27.4 Å². The van der Waals surface area contributed by atoms with Gasteiger partial charge in [-0.2, -0.15) is 0 Å². The maximum atomic E-state index is 12.1. The number of hydrogen-bond acceptors (Lipinski definition) is 5. The van der Waals surface area contributed by atoms with Crippen molar-refractivity contribution in [2.75, 3.05) is 11.1 Å². The Balaban J connectivity index is 2.02. The predicted molar refractivity (Wildman–Crippen MR) is 80.9 cm³/mol. The molecule has 0 aliphatic carbocycles. The number of aromatic amines is 1. The molecule has 0 saturated heterocycles. The minimum Gasteiger partial charge on any atom is -0.397 e. The van der Waals surface area contributed by atoms with E-state index in [2.05, 4.69) is 20.5 Å². The van der Waals surface area contributed by atoms with E-state index in [1.165, 1.54) is 11.8 Å². The molecular formula is C12H14ClN5OS. The number of aryl methyl sites for hydroxylation is 1. The maximum absolute atomic E-state index is 12.1. The Morgan fingerprint density at radius 3 is 2.95 bits per heavy atom. The number of hydrogen-bond donors (Lipinski definition) is 3. The molecule has 106 valence electrons. The Morgan fingerprint density at radius 1 is 1.55 bits per heavy atom. The van der Waals surface area contributed by atoms with Crippen molar-refractivity contribution in [1.82, 2.24) is 15.2 Å². The Hall–Kier alpha value is -1.73. The van der Waals surface area contributed by atoms with Gasteiger partial charge in [-0.3, -0.25) is 9.89 Å². The van der Waals surface area contributed by atoms with Gasteiger partial charge in [-0.25, -0.2) is 4.98 Å². The minimum atomic E-state index is -0.358. The fourth-order valence-corrected chi connectivity index (χ4v) is 2.40. The van der Waals surface area contributed by atoms with E-state index in [4.69, 9.17) is 17.3 Å². The molecule has 1 heterocycles. The van der Waals surface area contributed by atoms with Crippen LogP contribution >= 0.6 is 23.4 Å². The van der Waals surface area contributed by atoms with Crippen molar-refractivity contribution >= 4 is 40.6 Å². The zero-order valence-corrected chi connectivity index (χ0v) is 12.5. The fourth-order valence-electron chi connectivity index (χ4n) is 1.46. The largest absolute Gasteiger partial charge is 0.397 e. The van der Waals surface area contributed by atoms with Crippen LogP contribution in [-0.4, -0.2) is 26.3 Å². The SMILES string of the molecule is Cc1nc(SC(C)C(=O)Nc2cc(Cl)ccc2N)n[nH]1. The smallest absolute Gasteiger partial charge is 0.237 e. The van der Waals surface area contributed by atoms with Gasteiger partial charge >= 0.3 is 0 Å². The number of anilines is 2. The van der Waals surface area contributed by atoms with Crippen molar-refractivity contribution in [3.8, 4) is 0 Å². The highest BCUT2D eigenvalue weighted by molar-refractivity contribution is 8.00. The molecule has 1 aromatic carbocycles. The number of nitrogens with one attached hydrogen (secondary N) is 2. The van der Waals surface area contributed by atoms with Crippen LogP contribution in [0.15, 0.2) is 23.4 Å². The third kappa shape index (κ3) is 3.64. The van der Waals surface area contributed by atoms with Gasteiger partial charge in [0.15, 0.2) is 0 Å². The summed E-state index contributed by atoms with van der Waals surface area (Å²) in [5.74, 6) is 0.519. The Labute approximate surface area is 125 Å². The first kappa shape index (κ1) is 14.7. The molecule has 0 aliphatic heterocycles. The first-order valence-corrected chi connectivity index (χ1v) is 7.13. The summed E-state index contributed by atoms with van der Waals surface area (Å²) in [6.07, 6.45) is 0. The van der Waals surface area contributed by atoms with Crippen LogP contribution in [-0.2, 0) is 4.79 Å². The number of rotatable bonds is 4. The van der Waals surface area contributed by atoms with Gasteiger partial charge in [-0.05, 0) is 32.0 Å². The van der Waals surface area contributed by atoms with Crippen molar-refractivity contribution in [3.05, 3.63) is 29.0 Å². The third-order valence-electron chi connectivity index (χ3n) is 2.50. The molecule has 8 heteroatoms. The number of nitrogens with two attached hydrogens (primary N) is 1. The van der Waals surface area contributed by atoms with Gasteiger partial charge in [0.05, 0.1) is 16.6 Å². The van der Waals surface area contributed by atoms with Gasteiger partial charge < -0.3 is 11.1 Å². The van der Waals surface area contributed by atoms with E-state index >= 15 is 0 Å². The summed E-state index contributed by atoms with van der Waals surface area (Å²) >= 11 is 7.14. The quantitative estimate of drug-likeness (QED) is 0.595. The summed E-state index contributed by atoms with van der Waals surface area (Å²) in [4.78, 5) is 16.2. The highest BCUT2D eigenvalue weighted by atomic mass is 35.5. The van der Waals surface area contributed by atoms with Gasteiger partial charge in [0.25, 0.3) is 0 Å². The zero-order valence-electron chi connectivity index (χ0n) is 11.0. The first-order chi connectivity index (χ1) is 9.45. The van der Waals surface area contributed by atoms with Gasteiger partial charge in [-0.1, -0.05) is 23.4 Å². The normalized spacial score (nSPS) is 12.2. The lowest BCUT2D eigenvalue weighted by molar-refractivity contribution is -0.115. The number of aromatic nitrogens is 3. The molecule has 1 unspecified atom stereocenters. The molecule has 6 nitrogen and oxygen atoms in total. The second-order valence-electron chi connectivity index (χ2n) is 4.18. The number of H-pyrrole nitrogens is 1. The van der Waals surface area contributed by atoms with Crippen LogP contribution in [0.1, 0.15) is 12.7 Å². The average molecular weight is 312 g/mol. The third-order valence-corrected chi connectivity index (χ3v) is 3.70. The van der Waals surface area contributed by atoms with Crippen LogP contribution in [0.2, 0.25) is 5.02 Å². The molecule has 2 rings (SSSR count). The molecule has 0 spiro atoms. The summed E-state index contributed by atoms with van der Waals surface area (Å²) in [6, 6.07) is 4.93. The molecular weight excluding hydrogens is 298 g/mol. The molecule has 0 radical (unpaired) electrons. The van der Waals surface area contributed by atoms with Crippen molar-refractivity contribution in [1.29, 1.82) is 0 Å². The van der Waals surface area contributed by atoms with Crippen LogP contribution in [0.25, 0.3) is 0 Å². The number of carbonyl (C=O) groups is 1. The van der Waals surface area contributed by atoms with Crippen LogP contribution in [0.4, 0.5) is 11.4 Å². The highest BCUT2D eigenvalue weighted by Crippen LogP contribution is 2.25. The Bertz CT molecular complexity index is 630. The lowest BCUT2D eigenvalue weighted by atomic mass is 10.2. The van der Waals surface area contributed by atoms with Crippen molar-refractivity contribution in [3.63, 3.8) is 0 Å². The molecule has 1 amide bonds. The van der Waals surface area contributed by atoms with E-state index in [1.807, 2.05) is 0 Å². The van der Waals surface area contributed by atoms with Gasteiger partial charge in [0.2, 0.25) is 11.1 Å². The predicted octanol–water partition coefficient (Wildman–Crippen LogP) is 2.47. The summed E-state index contributed by atoms with van der Waals surface area (Å²) in [7, 11) is 0. The van der Waals surface area contributed by atoms with Crippen LogP contribution in [0.3, 0.4) is 0 Å². The molecule has 0 aliphatic rings. The summed E-state index contributed by atoms with van der Waals surface area (Å²) in [5, 5.41) is 10.1. The first-order valence-electron chi connectivity index (χ1n) is 5.87. The number of carbonyl (C=O) groups excluding carboxylic acids is 1. The topological polar surface area (TPSA) is 96.7 Å². The standard InChI is InChI=1S/C12H14ClN5OS/c1-6(20-12-15-7(2)17-18-12)11(19)16-10-5-8(13)3-4-9(10)14/h3-6H,14H2,1-2H3,(H,16,19)(H,15,17,18). The van der Waals surface area contributed by atoms with Crippen molar-refractivity contribution in [2.45, 2.75) is 24.3 Å². The average Bonchev–Trinajstić information content (AvgIpc) is 2.79. The summed E-state index contributed by atoms with van der Waals surface area (Å²) < 4.78 is 0. The summed E-state index contributed by atoms with van der Waals surface area (Å²) in [6.45, 7) is 3.57. The lowest BCUT2D eigenvalue weighted by Gasteiger charge is -2.12. The maximum Gasteiger partial charge on any atom is 0.237 e. The zero-order chi connectivity index (χ0) is 14.7. The molecule has 1 aromatic heterocycles. The van der Waals surface area contributed by atoms with Gasteiger partial charge in [-0.15, -0.1) is 5.10 Å². The van der Waals surface area contributed by atoms with E-state index in [0.717, 1.165) is 0 Å². The van der Waals surface area contributed by atoms with Crippen molar-refractivity contribution in [2.24, 2.45) is 0 Å². The molecule has 0 saturated carbocycles. The van der Waals surface area contributed by atoms with E-state index in [1.54, 1.807) is 32.0 Å². The van der Waals surface area contributed by atoms with E-state index in [-0.39, 0.29) is 11.2 Å². The number of nitrogen functional groups attached to an aromatic ring is 1. The minimum absolute atomic E-state index is 0.189. The van der Waals surface area contributed by atoms with Crippen LogP contribution in [0, 0.1) is 6.92 Å². The summed E-state index contributed by atoms with van der Waals surface area (Å²) in [5.41, 5.74) is 6.75. The fraction of sp³-hybridized carbons (Fsp3) is 0.250. The number of benzene rings is 1. The van der Waals surface area contributed by atoms with Crippen molar-refractivity contribution < 1.29 is 4.79 Å². The highest BCUT2D eigenvalue weighted by Gasteiger charge is 2.17. The molecule has 4 N–H and O–H groups in total. The second kappa shape index (κ2) is 6.15. The number of amides is 1. The van der Waals surface area contributed by atoms with Crippen LogP contribution in [0.5, 0.6) is 0 Å². The Kier molecular flexibility index (Phi) is 4.51. The van der Waals surface area contributed by atoms with Gasteiger partial charge in [0.1, 0.15) is 5.82 Å². The van der Waals surface area contributed by atoms with E-state index in [9.17, 15) is 4.79 Å². The van der Waals surface area contributed by atoms with Crippen LogP contribution < -0.4 is 11.1 Å². The number of thioether (sulfide) groups is 1. The number of nitrogens with zero attached hydrogens (tertiary/aromatic N) is 2. The van der Waals surface area contributed by atoms with Gasteiger partial charge in [0, 0.05) is 5.02 Å². The molecule has 1 atom stereocenters.